The zero-order valence-corrected chi connectivity index (χ0v) is 21.3. The van der Waals surface area contributed by atoms with E-state index in [-0.39, 0.29) is 17.0 Å². The lowest BCUT2D eigenvalue weighted by molar-refractivity contribution is 0.311. The molecule has 3 unspecified atom stereocenters. The molecule has 1 aliphatic carbocycles. The van der Waals surface area contributed by atoms with Crippen molar-refractivity contribution in [2.75, 3.05) is 9.80 Å². The second kappa shape index (κ2) is 7.31. The van der Waals surface area contributed by atoms with Gasteiger partial charge in [0, 0.05) is 34.6 Å². The molecule has 0 saturated heterocycles. The highest BCUT2D eigenvalue weighted by atomic mass is 15.5. The molecular formula is C30H36N4. The number of fused-ring (bicyclic) bond motifs is 8. The van der Waals surface area contributed by atoms with E-state index in [9.17, 15) is 0 Å². The third-order valence-corrected chi connectivity index (χ3v) is 9.08. The smallest absolute Gasteiger partial charge is 0.178 e. The third-order valence-electron chi connectivity index (χ3n) is 9.08. The van der Waals surface area contributed by atoms with Gasteiger partial charge in [-0.15, -0.1) is 0 Å². The number of rotatable bonds is 5. The molecule has 0 spiro atoms. The molecule has 2 aromatic carbocycles. The number of aromatic nitrogens is 2. The van der Waals surface area contributed by atoms with E-state index >= 15 is 0 Å². The van der Waals surface area contributed by atoms with Crippen LogP contribution in [0.2, 0.25) is 0 Å². The van der Waals surface area contributed by atoms with Gasteiger partial charge in [0.15, 0.2) is 11.6 Å². The Balaban J connectivity index is 1.59. The second-order valence-electron chi connectivity index (χ2n) is 11.1. The standard InChI is InChI=1S/C30H36N4/c1-7-29-18-30(29,8-2)28-33(23-12-9-21(10-13-23)19(3)4)26-27(32-16-15-31-26)34(28)25-14-11-22(20(5)6)17-24(25)29/h9-17,19-20,28H,7-8,18H2,1-6H3. The first-order chi connectivity index (χ1) is 16.4. The van der Waals surface area contributed by atoms with Gasteiger partial charge in [0.25, 0.3) is 0 Å². The van der Waals surface area contributed by atoms with Gasteiger partial charge in [-0.25, -0.2) is 9.97 Å². The van der Waals surface area contributed by atoms with Crippen LogP contribution in [0.3, 0.4) is 0 Å². The van der Waals surface area contributed by atoms with Crippen LogP contribution in [-0.4, -0.2) is 16.1 Å². The number of benzene rings is 2. The maximum absolute atomic E-state index is 4.91. The molecule has 3 aliphatic rings. The van der Waals surface area contributed by atoms with Crippen LogP contribution in [0.15, 0.2) is 54.9 Å². The maximum Gasteiger partial charge on any atom is 0.178 e. The van der Waals surface area contributed by atoms with Crippen molar-refractivity contribution in [2.45, 2.75) is 84.2 Å². The van der Waals surface area contributed by atoms with Gasteiger partial charge < -0.3 is 9.80 Å². The van der Waals surface area contributed by atoms with E-state index in [0.717, 1.165) is 24.5 Å². The molecule has 1 fully saturated rings. The Labute approximate surface area is 204 Å². The molecule has 2 aliphatic heterocycles. The van der Waals surface area contributed by atoms with Crippen LogP contribution < -0.4 is 9.80 Å². The van der Waals surface area contributed by atoms with E-state index in [2.05, 4.69) is 93.8 Å². The lowest BCUT2D eigenvalue weighted by atomic mass is 9.75. The van der Waals surface area contributed by atoms with E-state index in [1.165, 1.54) is 34.5 Å². The normalized spacial score (nSPS) is 26.4. The molecule has 4 heteroatoms. The lowest BCUT2D eigenvalue weighted by Crippen LogP contribution is -2.51. The Morgan fingerprint density at radius 3 is 2.03 bits per heavy atom. The van der Waals surface area contributed by atoms with Gasteiger partial charge in [0.1, 0.15) is 6.17 Å². The van der Waals surface area contributed by atoms with E-state index in [4.69, 9.17) is 9.97 Å². The predicted octanol–water partition coefficient (Wildman–Crippen LogP) is 7.80. The van der Waals surface area contributed by atoms with Crippen molar-refractivity contribution in [3.05, 3.63) is 71.5 Å². The monoisotopic (exact) mass is 452 g/mol. The Kier molecular flexibility index (Phi) is 4.65. The van der Waals surface area contributed by atoms with Crippen molar-refractivity contribution in [2.24, 2.45) is 5.41 Å². The highest BCUT2D eigenvalue weighted by molar-refractivity contribution is 5.88. The average molecular weight is 453 g/mol. The third kappa shape index (κ3) is 2.60. The summed E-state index contributed by atoms with van der Waals surface area (Å²) in [5.74, 6) is 3.01. The molecule has 1 saturated carbocycles. The maximum atomic E-state index is 4.91. The zero-order valence-electron chi connectivity index (χ0n) is 21.3. The summed E-state index contributed by atoms with van der Waals surface area (Å²) >= 11 is 0. The van der Waals surface area contributed by atoms with Gasteiger partial charge in [-0.05, 0) is 66.0 Å². The molecule has 4 nitrogen and oxygen atoms in total. The minimum atomic E-state index is 0.170. The summed E-state index contributed by atoms with van der Waals surface area (Å²) in [4.78, 5) is 14.8. The molecular weight excluding hydrogens is 416 g/mol. The minimum Gasteiger partial charge on any atom is -0.301 e. The fourth-order valence-corrected chi connectivity index (χ4v) is 7.05. The molecule has 34 heavy (non-hydrogen) atoms. The molecule has 6 rings (SSSR count). The van der Waals surface area contributed by atoms with Crippen LogP contribution in [0.25, 0.3) is 0 Å². The number of nitrogens with zero attached hydrogens (tertiary/aromatic N) is 4. The van der Waals surface area contributed by atoms with Crippen LogP contribution in [0.4, 0.5) is 23.0 Å². The molecule has 1 aromatic heterocycles. The highest BCUT2D eigenvalue weighted by Gasteiger charge is 2.76. The predicted molar refractivity (Wildman–Crippen MR) is 140 cm³/mol. The first kappa shape index (κ1) is 21.6. The lowest BCUT2D eigenvalue weighted by Gasteiger charge is -2.46. The largest absolute Gasteiger partial charge is 0.301 e. The molecule has 3 heterocycles. The SMILES string of the molecule is CCC12CC1(CC)C1N(c3ccc(C(C)C)cc3)c3nccnc3N1c1ccc(C(C)C)cc12. The summed E-state index contributed by atoms with van der Waals surface area (Å²) in [6.07, 6.45) is 7.40. The molecule has 3 aromatic rings. The van der Waals surface area contributed by atoms with Crippen molar-refractivity contribution in [3.8, 4) is 0 Å². The first-order valence-corrected chi connectivity index (χ1v) is 13.0. The van der Waals surface area contributed by atoms with Crippen LogP contribution in [-0.2, 0) is 5.41 Å². The van der Waals surface area contributed by atoms with Crippen molar-refractivity contribution in [1.82, 2.24) is 9.97 Å². The van der Waals surface area contributed by atoms with Gasteiger partial charge in [-0.2, -0.15) is 0 Å². The summed E-state index contributed by atoms with van der Waals surface area (Å²) in [7, 11) is 0. The van der Waals surface area contributed by atoms with Crippen molar-refractivity contribution in [1.29, 1.82) is 0 Å². The molecule has 3 atom stereocenters. The minimum absolute atomic E-state index is 0.170. The summed E-state index contributed by atoms with van der Waals surface area (Å²) < 4.78 is 0. The Morgan fingerprint density at radius 1 is 0.824 bits per heavy atom. The Hall–Kier alpha value is -2.88. The topological polar surface area (TPSA) is 32.3 Å². The molecule has 176 valence electrons. The number of hydrogen-bond donors (Lipinski definition) is 0. The molecule has 0 N–H and O–H groups in total. The van der Waals surface area contributed by atoms with Crippen LogP contribution in [0.5, 0.6) is 0 Å². The average Bonchev–Trinajstić information content (AvgIpc) is 3.44. The Morgan fingerprint density at radius 2 is 1.44 bits per heavy atom. The summed E-state index contributed by atoms with van der Waals surface area (Å²) in [6.45, 7) is 13.9. The quantitative estimate of drug-likeness (QED) is 0.395. The van der Waals surface area contributed by atoms with Crippen LogP contribution in [0.1, 0.15) is 89.3 Å². The fourth-order valence-electron chi connectivity index (χ4n) is 7.05. The first-order valence-electron chi connectivity index (χ1n) is 13.0. The van der Waals surface area contributed by atoms with Gasteiger partial charge >= 0.3 is 0 Å². The highest BCUT2D eigenvalue weighted by Crippen LogP contribution is 2.77. The second-order valence-corrected chi connectivity index (χ2v) is 11.1. The fraction of sp³-hybridized carbons (Fsp3) is 0.467. The van der Waals surface area contributed by atoms with E-state index < -0.39 is 0 Å². The van der Waals surface area contributed by atoms with Crippen molar-refractivity contribution < 1.29 is 0 Å². The van der Waals surface area contributed by atoms with Gasteiger partial charge in [-0.1, -0.05) is 65.8 Å². The zero-order chi connectivity index (χ0) is 23.8. The molecule has 0 radical (unpaired) electrons. The number of anilines is 4. The molecule has 0 amide bonds. The number of hydrogen-bond acceptors (Lipinski definition) is 4. The van der Waals surface area contributed by atoms with E-state index in [1.807, 2.05) is 12.4 Å². The van der Waals surface area contributed by atoms with Gasteiger partial charge in [0.2, 0.25) is 0 Å². The van der Waals surface area contributed by atoms with Crippen molar-refractivity contribution >= 4 is 23.0 Å². The summed E-state index contributed by atoms with van der Waals surface area (Å²) in [5, 5.41) is 0. The molecule has 0 bridgehead atoms. The van der Waals surface area contributed by atoms with Crippen LogP contribution in [0, 0.1) is 5.41 Å². The van der Waals surface area contributed by atoms with Crippen molar-refractivity contribution in [3.63, 3.8) is 0 Å². The van der Waals surface area contributed by atoms with Crippen LogP contribution >= 0.6 is 0 Å². The van der Waals surface area contributed by atoms with E-state index in [1.54, 1.807) is 0 Å². The summed E-state index contributed by atoms with van der Waals surface area (Å²) in [5.41, 5.74) is 7.24. The summed E-state index contributed by atoms with van der Waals surface area (Å²) in [6, 6.07) is 16.3. The van der Waals surface area contributed by atoms with Gasteiger partial charge in [0.05, 0.1) is 0 Å². The van der Waals surface area contributed by atoms with Gasteiger partial charge in [-0.3, -0.25) is 0 Å². The Bertz CT molecular complexity index is 1250. The van der Waals surface area contributed by atoms with E-state index in [0.29, 0.717) is 11.8 Å².